The van der Waals surface area contributed by atoms with E-state index in [1.165, 1.54) is 12.1 Å². The molecule has 3 aromatic carbocycles. The van der Waals surface area contributed by atoms with Crippen molar-refractivity contribution in [3.63, 3.8) is 0 Å². The number of hydrogen-bond acceptors (Lipinski definition) is 3. The Bertz CT molecular complexity index is 1220. The maximum atomic E-state index is 13.2. The summed E-state index contributed by atoms with van der Waals surface area (Å²) in [6.45, 7) is 0.692. The Kier molecular flexibility index (Phi) is 6.29. The molecule has 0 aliphatic heterocycles. The average Bonchev–Trinajstić information content (AvgIpc) is 3.12. The summed E-state index contributed by atoms with van der Waals surface area (Å²) in [7, 11) is 0. The number of carbonyl (C=O) groups is 1. The van der Waals surface area contributed by atoms with Crippen molar-refractivity contribution in [1.29, 1.82) is 0 Å². The molecule has 5 nitrogen and oxygen atoms in total. The SMILES string of the molecule is O=C(CNc1ccc(Cl)cc1)N/N=C\c1cn(Cc2ccc(F)cc2)c2ccccc12. The molecule has 0 saturated carbocycles. The van der Waals surface area contributed by atoms with E-state index in [9.17, 15) is 9.18 Å². The zero-order valence-electron chi connectivity index (χ0n) is 16.6. The van der Waals surface area contributed by atoms with Crippen LogP contribution in [0.2, 0.25) is 5.02 Å². The monoisotopic (exact) mass is 434 g/mol. The molecule has 31 heavy (non-hydrogen) atoms. The zero-order valence-corrected chi connectivity index (χ0v) is 17.3. The summed E-state index contributed by atoms with van der Waals surface area (Å²) in [5, 5.41) is 8.76. The third-order valence-electron chi connectivity index (χ3n) is 4.78. The summed E-state index contributed by atoms with van der Waals surface area (Å²) < 4.78 is 15.3. The fraction of sp³-hybridized carbons (Fsp3) is 0.0833. The van der Waals surface area contributed by atoms with E-state index in [1.54, 1.807) is 42.6 Å². The fourth-order valence-corrected chi connectivity index (χ4v) is 3.38. The molecule has 0 fully saturated rings. The fourth-order valence-electron chi connectivity index (χ4n) is 3.26. The molecule has 2 N–H and O–H groups in total. The van der Waals surface area contributed by atoms with Gasteiger partial charge in [-0.15, -0.1) is 0 Å². The van der Waals surface area contributed by atoms with Crippen LogP contribution in [0, 0.1) is 5.82 Å². The molecule has 0 aliphatic rings. The standard InChI is InChI=1S/C24H20ClFN4O/c25-19-7-11-21(12-8-19)27-14-24(31)29-28-13-18-16-30(23-4-2-1-3-22(18)23)15-17-5-9-20(26)10-6-17/h1-13,16,27H,14-15H2,(H,29,31)/b28-13-. The number of carbonyl (C=O) groups excluding carboxylic acids is 1. The molecule has 4 aromatic rings. The van der Waals surface area contributed by atoms with E-state index in [2.05, 4.69) is 20.4 Å². The third kappa shape index (κ3) is 5.29. The van der Waals surface area contributed by atoms with Crippen LogP contribution in [0.1, 0.15) is 11.1 Å². The van der Waals surface area contributed by atoms with Gasteiger partial charge in [-0.25, -0.2) is 9.82 Å². The molecule has 7 heteroatoms. The second kappa shape index (κ2) is 9.45. The molecule has 156 valence electrons. The van der Waals surface area contributed by atoms with Crippen LogP contribution in [-0.4, -0.2) is 23.2 Å². The minimum Gasteiger partial charge on any atom is -0.376 e. The maximum Gasteiger partial charge on any atom is 0.259 e. The summed E-state index contributed by atoms with van der Waals surface area (Å²) in [6, 6.07) is 21.5. The molecule has 0 atom stereocenters. The van der Waals surface area contributed by atoms with E-state index in [1.807, 2.05) is 30.5 Å². The molecule has 1 amide bonds. The van der Waals surface area contributed by atoms with Crippen LogP contribution < -0.4 is 10.7 Å². The normalized spacial score (nSPS) is 11.2. The van der Waals surface area contributed by atoms with Crippen LogP contribution >= 0.6 is 11.6 Å². The highest BCUT2D eigenvalue weighted by Gasteiger charge is 2.08. The van der Waals surface area contributed by atoms with Crippen LogP contribution in [-0.2, 0) is 11.3 Å². The first kappa shape index (κ1) is 20.6. The smallest absolute Gasteiger partial charge is 0.259 e. The van der Waals surface area contributed by atoms with Gasteiger partial charge >= 0.3 is 0 Å². The summed E-state index contributed by atoms with van der Waals surface area (Å²) in [5.74, 6) is -0.517. The van der Waals surface area contributed by atoms with Crippen molar-refractivity contribution in [3.8, 4) is 0 Å². The maximum absolute atomic E-state index is 13.2. The Morgan fingerprint density at radius 2 is 1.77 bits per heavy atom. The molecule has 0 spiro atoms. The zero-order chi connectivity index (χ0) is 21.6. The van der Waals surface area contributed by atoms with Crippen LogP contribution in [0.5, 0.6) is 0 Å². The molecule has 0 bridgehead atoms. The molecule has 0 saturated heterocycles. The largest absolute Gasteiger partial charge is 0.376 e. The average molecular weight is 435 g/mol. The first-order chi connectivity index (χ1) is 15.1. The first-order valence-corrected chi connectivity index (χ1v) is 10.1. The van der Waals surface area contributed by atoms with E-state index < -0.39 is 0 Å². The summed E-state index contributed by atoms with van der Waals surface area (Å²) in [5.41, 5.74) is 6.23. The van der Waals surface area contributed by atoms with Crippen LogP contribution in [0.25, 0.3) is 10.9 Å². The Morgan fingerprint density at radius 3 is 2.55 bits per heavy atom. The van der Waals surface area contributed by atoms with Gasteiger partial charge in [-0.3, -0.25) is 4.79 Å². The number of rotatable bonds is 7. The van der Waals surface area contributed by atoms with Gasteiger partial charge in [-0.05, 0) is 48.0 Å². The quantitative estimate of drug-likeness (QED) is 0.316. The lowest BCUT2D eigenvalue weighted by molar-refractivity contribution is -0.119. The molecule has 4 rings (SSSR count). The predicted octanol–water partition coefficient (Wildman–Crippen LogP) is 5.04. The minimum atomic E-state index is -0.263. The highest BCUT2D eigenvalue weighted by Crippen LogP contribution is 2.21. The topological polar surface area (TPSA) is 58.4 Å². The Labute approximate surface area is 184 Å². The van der Waals surface area contributed by atoms with Gasteiger partial charge in [0.15, 0.2) is 0 Å². The van der Waals surface area contributed by atoms with Crippen LogP contribution in [0.15, 0.2) is 84.1 Å². The van der Waals surface area contributed by atoms with Crippen molar-refractivity contribution in [2.24, 2.45) is 5.10 Å². The van der Waals surface area contributed by atoms with E-state index in [-0.39, 0.29) is 18.3 Å². The molecule has 0 radical (unpaired) electrons. The van der Waals surface area contributed by atoms with Crippen LogP contribution in [0.4, 0.5) is 10.1 Å². The molecule has 0 unspecified atom stereocenters. The van der Waals surface area contributed by atoms with Crippen molar-refractivity contribution in [1.82, 2.24) is 9.99 Å². The van der Waals surface area contributed by atoms with E-state index in [4.69, 9.17) is 11.6 Å². The lowest BCUT2D eigenvalue weighted by Gasteiger charge is -2.05. The molecule has 0 aliphatic carbocycles. The van der Waals surface area contributed by atoms with Crippen molar-refractivity contribution in [2.45, 2.75) is 6.54 Å². The van der Waals surface area contributed by atoms with Gasteiger partial charge in [-0.1, -0.05) is 41.9 Å². The Hall–Kier alpha value is -3.64. The summed E-state index contributed by atoms with van der Waals surface area (Å²) >= 11 is 5.85. The number of amides is 1. The van der Waals surface area contributed by atoms with Gasteiger partial charge in [0, 0.05) is 39.9 Å². The number of para-hydroxylation sites is 1. The van der Waals surface area contributed by atoms with Gasteiger partial charge in [0.2, 0.25) is 0 Å². The van der Waals surface area contributed by atoms with Gasteiger partial charge < -0.3 is 9.88 Å². The van der Waals surface area contributed by atoms with Crippen molar-refractivity contribution in [3.05, 3.63) is 101 Å². The van der Waals surface area contributed by atoms with E-state index in [0.29, 0.717) is 11.6 Å². The van der Waals surface area contributed by atoms with Crippen molar-refractivity contribution >= 4 is 40.3 Å². The van der Waals surface area contributed by atoms with Crippen LogP contribution in [0.3, 0.4) is 0 Å². The van der Waals surface area contributed by atoms with Crippen molar-refractivity contribution < 1.29 is 9.18 Å². The van der Waals surface area contributed by atoms with Gasteiger partial charge in [0.05, 0.1) is 12.8 Å². The number of fused-ring (bicyclic) bond motifs is 1. The molecule has 1 heterocycles. The highest BCUT2D eigenvalue weighted by molar-refractivity contribution is 6.30. The first-order valence-electron chi connectivity index (χ1n) is 9.72. The lowest BCUT2D eigenvalue weighted by Crippen LogP contribution is -2.25. The molecular formula is C24H20ClFN4O. The third-order valence-corrected chi connectivity index (χ3v) is 5.03. The second-order valence-electron chi connectivity index (χ2n) is 7.01. The minimum absolute atomic E-state index is 0.0886. The number of benzene rings is 3. The number of aromatic nitrogens is 1. The number of nitrogens with zero attached hydrogens (tertiary/aromatic N) is 2. The highest BCUT2D eigenvalue weighted by atomic mass is 35.5. The predicted molar refractivity (Wildman–Crippen MR) is 123 cm³/mol. The number of hydrazone groups is 1. The van der Waals surface area contributed by atoms with Gasteiger partial charge in [0.1, 0.15) is 5.82 Å². The van der Waals surface area contributed by atoms with Crippen molar-refractivity contribution in [2.75, 3.05) is 11.9 Å². The second-order valence-corrected chi connectivity index (χ2v) is 7.45. The summed E-state index contributed by atoms with van der Waals surface area (Å²) in [6.07, 6.45) is 3.60. The van der Waals surface area contributed by atoms with E-state index >= 15 is 0 Å². The molecular weight excluding hydrogens is 415 g/mol. The number of anilines is 1. The Balaban J connectivity index is 1.42. The number of nitrogens with one attached hydrogen (secondary N) is 2. The van der Waals surface area contributed by atoms with Gasteiger partial charge in [0.25, 0.3) is 5.91 Å². The number of hydrogen-bond donors (Lipinski definition) is 2. The lowest BCUT2D eigenvalue weighted by atomic mass is 10.2. The van der Waals surface area contributed by atoms with E-state index in [0.717, 1.165) is 27.7 Å². The summed E-state index contributed by atoms with van der Waals surface area (Å²) in [4.78, 5) is 12.1. The molecule has 1 aromatic heterocycles. The number of halogens is 2. The Morgan fingerprint density at radius 1 is 1.03 bits per heavy atom. The van der Waals surface area contributed by atoms with Gasteiger partial charge in [-0.2, -0.15) is 5.10 Å².